The molecule has 6 N–H and O–H groups in total. The van der Waals surface area contributed by atoms with Gasteiger partial charge in [-0.2, -0.15) is 0 Å². The first-order valence-electron chi connectivity index (χ1n) is 29.5. The first kappa shape index (κ1) is 71.6. The number of carbonyl (C=O) groups excluding carboxylic acids is 8. The minimum atomic E-state index is -0.626. The predicted octanol–water partition coefficient (Wildman–Crippen LogP) is 10.5. The van der Waals surface area contributed by atoms with Gasteiger partial charge in [-0.3, -0.25) is 9.59 Å². The molecule has 0 radical (unpaired) electrons. The fraction of sp³-hybridized carbons (Fsp3) is 0.569. The Bertz CT molecular complexity index is 2460. The van der Waals surface area contributed by atoms with Gasteiger partial charge in [0.25, 0.3) is 11.8 Å². The van der Waals surface area contributed by atoms with Crippen LogP contribution in [-0.4, -0.2) is 123 Å². The lowest BCUT2D eigenvalue weighted by atomic mass is 9.98. The van der Waals surface area contributed by atoms with Gasteiger partial charge in [0.1, 0.15) is 35.6 Å². The van der Waals surface area contributed by atoms with Gasteiger partial charge in [-0.05, 0) is 237 Å². The minimum absolute atomic E-state index is 0.147. The van der Waals surface area contributed by atoms with Gasteiger partial charge in [0.15, 0.2) is 0 Å². The fourth-order valence-corrected chi connectivity index (χ4v) is 8.39. The summed E-state index contributed by atoms with van der Waals surface area (Å²) >= 11 is 0. The molecule has 20 nitrogen and oxygen atoms in total. The molecule has 0 aliphatic carbocycles. The molecule has 0 bridgehead atoms. The summed E-state index contributed by atoms with van der Waals surface area (Å²) < 4.78 is 32.1. The van der Waals surface area contributed by atoms with E-state index in [9.17, 15) is 38.4 Å². The Hall–Kier alpha value is -7.64. The van der Waals surface area contributed by atoms with Crippen molar-refractivity contribution in [3.63, 3.8) is 0 Å². The molecule has 470 valence electrons. The molecule has 0 aliphatic heterocycles. The number of carbonyl (C=O) groups is 8. The highest BCUT2D eigenvalue weighted by Crippen LogP contribution is 2.20. The summed E-state index contributed by atoms with van der Waals surface area (Å²) in [6.45, 7) is 28.5. The molecule has 85 heavy (non-hydrogen) atoms. The van der Waals surface area contributed by atoms with Crippen LogP contribution in [0.25, 0.3) is 0 Å². The Morgan fingerprint density at radius 1 is 0.353 bits per heavy atom. The number of nitrogens with one attached hydrogen (secondary N) is 6. The van der Waals surface area contributed by atoms with E-state index in [0.29, 0.717) is 133 Å². The Kier molecular flexibility index (Phi) is 29.5. The molecule has 0 saturated carbocycles. The SMILES string of the molecule is C=C(C)C(=O)OCCOC(=O)c1cc(CCCNC(=O)c2cc(CCCNC(=O)OC(C)(C)C)cc(CCCNC(=O)OC(C)(C)C)c2)cc(CCCNC(=O)c2cc(CCCNC(=O)OC(C)(C)C)cc(CCCNC(=O)OC(C)(C)C)c2)c1. The number of alkyl carbamates (subject to hydrolysis) is 4. The number of hydrogen-bond acceptors (Lipinski definition) is 14. The predicted molar refractivity (Wildman–Crippen MR) is 327 cm³/mol. The van der Waals surface area contributed by atoms with Crippen molar-refractivity contribution in [2.75, 3.05) is 52.5 Å². The zero-order valence-corrected chi connectivity index (χ0v) is 52.8. The van der Waals surface area contributed by atoms with E-state index in [1.165, 1.54) is 6.92 Å². The molecule has 0 fully saturated rings. The van der Waals surface area contributed by atoms with Crippen LogP contribution in [0.5, 0.6) is 0 Å². The summed E-state index contributed by atoms with van der Waals surface area (Å²) in [5, 5.41) is 17.2. The summed E-state index contributed by atoms with van der Waals surface area (Å²) in [7, 11) is 0. The maximum atomic E-state index is 13.8. The molecule has 3 aromatic carbocycles. The van der Waals surface area contributed by atoms with E-state index in [2.05, 4.69) is 38.5 Å². The lowest BCUT2D eigenvalue weighted by Crippen LogP contribution is -2.33. The van der Waals surface area contributed by atoms with Gasteiger partial charge in [-0.25, -0.2) is 28.8 Å². The number of esters is 2. The van der Waals surface area contributed by atoms with Crippen LogP contribution in [0.2, 0.25) is 0 Å². The van der Waals surface area contributed by atoms with Crippen molar-refractivity contribution < 1.29 is 66.8 Å². The van der Waals surface area contributed by atoms with Crippen molar-refractivity contribution >= 4 is 48.1 Å². The molecule has 0 spiro atoms. The van der Waals surface area contributed by atoms with Crippen molar-refractivity contribution in [1.29, 1.82) is 0 Å². The van der Waals surface area contributed by atoms with Crippen LogP contribution in [0.3, 0.4) is 0 Å². The van der Waals surface area contributed by atoms with E-state index < -0.39 is 58.7 Å². The van der Waals surface area contributed by atoms with E-state index in [-0.39, 0.29) is 30.6 Å². The topological polar surface area (TPSA) is 264 Å². The summed E-state index contributed by atoms with van der Waals surface area (Å²) in [5.41, 5.74) is 4.28. The average molecular weight is 1190 g/mol. The first-order valence-corrected chi connectivity index (χ1v) is 29.5. The highest BCUT2D eigenvalue weighted by molar-refractivity contribution is 5.95. The number of rotatable bonds is 31. The molecule has 0 saturated heterocycles. The number of ether oxygens (including phenoxy) is 6. The van der Waals surface area contributed by atoms with Crippen molar-refractivity contribution in [2.45, 2.75) is 189 Å². The highest BCUT2D eigenvalue weighted by Gasteiger charge is 2.20. The maximum Gasteiger partial charge on any atom is 0.407 e. The normalized spacial score (nSPS) is 11.5. The smallest absolute Gasteiger partial charge is 0.407 e. The number of amides is 6. The lowest BCUT2D eigenvalue weighted by Gasteiger charge is -2.19. The maximum absolute atomic E-state index is 13.8. The highest BCUT2D eigenvalue weighted by atomic mass is 16.6. The largest absolute Gasteiger partial charge is 0.459 e. The van der Waals surface area contributed by atoms with Gasteiger partial charge >= 0.3 is 36.3 Å². The zero-order valence-electron chi connectivity index (χ0n) is 52.8. The lowest BCUT2D eigenvalue weighted by molar-refractivity contribution is -0.140. The minimum Gasteiger partial charge on any atom is -0.459 e. The Labute approximate surface area is 503 Å². The molecule has 0 aromatic heterocycles. The van der Waals surface area contributed by atoms with Gasteiger partial charge in [0.05, 0.1) is 5.56 Å². The van der Waals surface area contributed by atoms with Crippen LogP contribution in [0.15, 0.2) is 66.7 Å². The molecule has 3 aromatic rings. The second-order valence-electron chi connectivity index (χ2n) is 25.0. The second-order valence-corrected chi connectivity index (χ2v) is 25.0. The van der Waals surface area contributed by atoms with Crippen molar-refractivity contribution in [3.05, 3.63) is 117 Å². The molecule has 20 heteroatoms. The third-order valence-electron chi connectivity index (χ3n) is 11.9. The van der Waals surface area contributed by atoms with Crippen LogP contribution in [0.4, 0.5) is 19.2 Å². The average Bonchev–Trinajstić information content (AvgIpc) is 3.16. The van der Waals surface area contributed by atoms with Crippen molar-refractivity contribution in [2.24, 2.45) is 0 Å². The van der Waals surface area contributed by atoms with Crippen LogP contribution in [0.1, 0.15) is 193 Å². The quantitative estimate of drug-likeness (QED) is 0.0152. The third-order valence-corrected chi connectivity index (χ3v) is 11.9. The van der Waals surface area contributed by atoms with Gasteiger partial charge in [-0.1, -0.05) is 24.8 Å². The van der Waals surface area contributed by atoms with Gasteiger partial charge in [0.2, 0.25) is 0 Å². The molecule has 0 unspecified atom stereocenters. The van der Waals surface area contributed by atoms with E-state index in [0.717, 1.165) is 33.4 Å². The zero-order chi connectivity index (χ0) is 63.4. The van der Waals surface area contributed by atoms with Crippen molar-refractivity contribution in [1.82, 2.24) is 31.9 Å². The molecule has 0 heterocycles. The molecule has 0 atom stereocenters. The van der Waals surface area contributed by atoms with Crippen LogP contribution >= 0.6 is 0 Å². The van der Waals surface area contributed by atoms with Crippen LogP contribution < -0.4 is 31.9 Å². The van der Waals surface area contributed by atoms with Crippen LogP contribution in [-0.2, 0) is 71.7 Å². The van der Waals surface area contributed by atoms with E-state index in [1.807, 2.05) is 42.5 Å². The van der Waals surface area contributed by atoms with Gasteiger partial charge in [0, 0.05) is 56.0 Å². The van der Waals surface area contributed by atoms with E-state index in [4.69, 9.17) is 28.4 Å². The monoisotopic (exact) mass is 1180 g/mol. The summed E-state index contributed by atoms with van der Waals surface area (Å²) in [6.07, 6.45) is 4.77. The number of benzene rings is 3. The van der Waals surface area contributed by atoms with E-state index in [1.54, 1.807) is 95.2 Å². The Morgan fingerprint density at radius 2 is 0.588 bits per heavy atom. The molecular weight excluding hydrogens is 1090 g/mol. The van der Waals surface area contributed by atoms with Crippen LogP contribution in [0, 0.1) is 0 Å². The summed E-state index contributed by atoms with van der Waals surface area (Å²) in [6, 6.07) is 16.9. The summed E-state index contributed by atoms with van der Waals surface area (Å²) in [5.74, 6) is -1.73. The number of aryl methyl sites for hydroxylation is 6. The molecular formula is C65H96N6O14. The Morgan fingerprint density at radius 3 is 0.835 bits per heavy atom. The second kappa shape index (κ2) is 35.0. The molecule has 6 amide bonds. The van der Waals surface area contributed by atoms with Gasteiger partial charge < -0.3 is 60.3 Å². The third kappa shape index (κ3) is 32.9. The first-order chi connectivity index (χ1) is 39.7. The molecule has 3 rings (SSSR count). The van der Waals surface area contributed by atoms with Crippen molar-refractivity contribution in [3.8, 4) is 0 Å². The summed E-state index contributed by atoms with van der Waals surface area (Å²) in [4.78, 5) is 102. The number of hydrogen-bond donors (Lipinski definition) is 6. The fourth-order valence-electron chi connectivity index (χ4n) is 8.39. The standard InChI is InChI=1S/C65H96N6O14/c1-44(2)56(74)80-33-34-81-57(75)53-42-49(21-15-27-66-54(72)51-38-45(23-17-29-68-58(76)82-62(3,4)5)35-46(39-51)24-18-30-69-59(77)83-63(6,7)8)37-50(43-53)22-16-28-67-55(73)52-40-47(25-19-31-70-60(78)84-64(9,10)11)36-48(41-52)26-20-32-71-61(79)85-65(12,13)14/h35-43H,1,15-34H2,2-14H3,(H,66,72)(H,67,73)(H,68,76)(H,69,77)(H,70,78)(H,71,79). The Balaban J connectivity index is 1.74. The van der Waals surface area contributed by atoms with E-state index >= 15 is 0 Å². The molecule has 0 aliphatic rings. The van der Waals surface area contributed by atoms with Gasteiger partial charge in [-0.15, -0.1) is 0 Å².